The highest BCUT2D eigenvalue weighted by molar-refractivity contribution is 6.50. The summed E-state index contributed by atoms with van der Waals surface area (Å²) in [6.45, 7) is 0. The number of benzene rings is 1. The first kappa shape index (κ1) is 15.6. The van der Waals surface area contributed by atoms with Crippen molar-refractivity contribution in [3.63, 3.8) is 0 Å². The predicted molar refractivity (Wildman–Crippen MR) is 65.3 cm³/mol. The molecule has 0 saturated carbocycles. The van der Waals surface area contributed by atoms with E-state index in [1.54, 1.807) is 0 Å². The average Bonchev–Trinajstić information content (AvgIpc) is 2.15. The third kappa shape index (κ3) is 8.42. The van der Waals surface area contributed by atoms with E-state index in [4.69, 9.17) is 0 Å². The van der Waals surface area contributed by atoms with Crippen molar-refractivity contribution in [3.05, 3.63) is 24.3 Å². The van der Waals surface area contributed by atoms with Crippen molar-refractivity contribution in [2.45, 2.75) is 0 Å². The maximum absolute atomic E-state index is 9.75. The van der Waals surface area contributed by atoms with Gasteiger partial charge in [-0.25, -0.2) is 0 Å². The summed E-state index contributed by atoms with van der Waals surface area (Å²) in [6, 6.07) is 8.48. The zero-order valence-corrected chi connectivity index (χ0v) is 10.3. The van der Waals surface area contributed by atoms with Crippen molar-refractivity contribution >= 4 is 18.6 Å². The highest BCUT2D eigenvalue weighted by Crippen LogP contribution is 2.16. The predicted octanol–water partition coefficient (Wildman–Crippen LogP) is 3.12. The number of anilines is 2. The van der Waals surface area contributed by atoms with Gasteiger partial charge in [-0.15, -0.1) is 0 Å². The number of hydrogen-bond acceptors (Lipinski definition) is 2. The van der Waals surface area contributed by atoms with E-state index in [0.29, 0.717) is 0 Å². The Hall–Kier alpha value is -1.40. The van der Waals surface area contributed by atoms with Crippen molar-refractivity contribution in [1.82, 2.24) is 0 Å². The van der Waals surface area contributed by atoms with Crippen LogP contribution in [-0.2, 0) is 0 Å². The first-order chi connectivity index (χ1) is 7.61. The summed E-state index contributed by atoms with van der Waals surface area (Å²) < 4.78 is 39.0. The normalized spacial score (nSPS) is 10.4. The van der Waals surface area contributed by atoms with Crippen molar-refractivity contribution in [2.75, 3.05) is 38.0 Å². The summed E-state index contributed by atoms with van der Waals surface area (Å²) in [4.78, 5) is 4.19. The summed E-state index contributed by atoms with van der Waals surface area (Å²) in [7, 11) is 2.19. The fourth-order valence-corrected chi connectivity index (χ4v) is 1.05. The van der Waals surface area contributed by atoms with Crippen molar-refractivity contribution in [1.29, 1.82) is 0 Å². The van der Waals surface area contributed by atoms with Gasteiger partial charge in [0.2, 0.25) is 0 Å². The van der Waals surface area contributed by atoms with Gasteiger partial charge < -0.3 is 27.1 Å². The lowest BCUT2D eigenvalue weighted by atomic mass is 10.2. The molecule has 0 fully saturated rings. The summed E-state index contributed by atoms with van der Waals surface area (Å²) in [5.41, 5.74) is 2.47. The Morgan fingerprint density at radius 3 is 1.00 bits per heavy atom. The fourth-order valence-electron chi connectivity index (χ4n) is 1.05. The second kappa shape index (κ2) is 6.37. The van der Waals surface area contributed by atoms with Gasteiger partial charge in [0.05, 0.1) is 0 Å². The molecule has 0 aliphatic rings. The van der Waals surface area contributed by atoms with Gasteiger partial charge in [0.15, 0.2) is 0 Å². The number of hydrogen-bond donors (Lipinski definition) is 0. The Morgan fingerprint density at radius 2 is 0.882 bits per heavy atom. The molecule has 0 amide bonds. The molecule has 1 aromatic carbocycles. The fraction of sp³-hybridized carbons (Fsp3) is 0.400. The van der Waals surface area contributed by atoms with Crippen LogP contribution in [0, 0.1) is 0 Å². The Morgan fingerprint density at radius 1 is 0.706 bits per heavy atom. The molecule has 0 saturated heterocycles. The van der Waals surface area contributed by atoms with Crippen molar-refractivity contribution in [2.24, 2.45) is 0 Å². The lowest BCUT2D eigenvalue weighted by Gasteiger charge is -2.16. The van der Waals surface area contributed by atoms with Gasteiger partial charge in [-0.2, -0.15) is 0 Å². The Labute approximate surface area is 98.9 Å². The third-order valence-electron chi connectivity index (χ3n) is 1.88. The molecule has 0 aromatic heterocycles. The second-order valence-electron chi connectivity index (χ2n) is 3.80. The lowest BCUT2D eigenvalue weighted by molar-refractivity contribution is 0.368. The van der Waals surface area contributed by atoms with Crippen molar-refractivity contribution in [3.8, 4) is 0 Å². The summed E-state index contributed by atoms with van der Waals surface area (Å²) in [5, 5.41) is 0. The zero-order chi connectivity index (χ0) is 13.6. The topological polar surface area (TPSA) is 6.48 Å². The quantitative estimate of drug-likeness (QED) is 0.588. The molecule has 0 N–H and O–H groups in total. The molecule has 2 nitrogen and oxygen atoms in total. The molecule has 0 aliphatic heterocycles. The van der Waals surface area contributed by atoms with Crippen LogP contribution in [0.25, 0.3) is 0 Å². The molecular weight excluding hydrogens is 235 g/mol. The SMILES string of the molecule is CN(C)c1ccc(N(C)C)cc1.F[B-](F)(F)F. The molecule has 17 heavy (non-hydrogen) atoms. The van der Waals surface area contributed by atoms with Crippen molar-refractivity contribution < 1.29 is 17.3 Å². The van der Waals surface area contributed by atoms with Crippen LogP contribution in [0.4, 0.5) is 28.6 Å². The van der Waals surface area contributed by atoms with E-state index in [1.807, 2.05) is 28.2 Å². The van der Waals surface area contributed by atoms with Crippen LogP contribution >= 0.6 is 0 Å². The molecule has 0 heterocycles. The van der Waals surface area contributed by atoms with Gasteiger partial charge in [0.25, 0.3) is 0 Å². The molecule has 0 bridgehead atoms. The van der Waals surface area contributed by atoms with E-state index < -0.39 is 7.25 Å². The van der Waals surface area contributed by atoms with E-state index >= 15 is 0 Å². The summed E-state index contributed by atoms with van der Waals surface area (Å²) in [6.07, 6.45) is 0. The highest BCUT2D eigenvalue weighted by Gasteiger charge is 2.20. The van der Waals surface area contributed by atoms with Crippen LogP contribution in [0.1, 0.15) is 0 Å². The van der Waals surface area contributed by atoms with E-state index in [0.717, 1.165) is 0 Å². The van der Waals surface area contributed by atoms with Crippen LogP contribution < -0.4 is 9.80 Å². The maximum Gasteiger partial charge on any atom is 0.673 e. The minimum Gasteiger partial charge on any atom is -0.418 e. The molecule has 1 aromatic rings. The van der Waals surface area contributed by atoms with Gasteiger partial charge in [0, 0.05) is 39.6 Å². The first-order valence-corrected chi connectivity index (χ1v) is 4.93. The van der Waals surface area contributed by atoms with E-state index in [1.165, 1.54) is 11.4 Å². The first-order valence-electron chi connectivity index (χ1n) is 4.93. The Balaban J connectivity index is 0.000000437. The molecular formula is C10H16BF4N2-. The monoisotopic (exact) mass is 251 g/mol. The molecule has 0 unspecified atom stereocenters. The maximum atomic E-state index is 9.75. The Bertz CT molecular complexity index is 289. The van der Waals surface area contributed by atoms with Gasteiger partial charge in [-0.3, -0.25) is 0 Å². The summed E-state index contributed by atoms with van der Waals surface area (Å²) >= 11 is 0. The molecule has 0 aliphatic carbocycles. The van der Waals surface area contributed by atoms with E-state index in [9.17, 15) is 17.3 Å². The average molecular weight is 251 g/mol. The van der Waals surface area contributed by atoms with Gasteiger partial charge in [0.1, 0.15) is 0 Å². The van der Waals surface area contributed by atoms with Gasteiger partial charge >= 0.3 is 7.25 Å². The van der Waals surface area contributed by atoms with E-state index in [2.05, 4.69) is 34.1 Å². The highest BCUT2D eigenvalue weighted by atomic mass is 19.5. The molecule has 1 rings (SSSR count). The number of rotatable bonds is 2. The molecule has 98 valence electrons. The van der Waals surface area contributed by atoms with Gasteiger partial charge in [-0.05, 0) is 24.3 Å². The molecule has 0 atom stereocenters. The smallest absolute Gasteiger partial charge is 0.418 e. The summed E-state index contributed by atoms with van der Waals surface area (Å²) in [5.74, 6) is 0. The second-order valence-corrected chi connectivity index (χ2v) is 3.80. The molecule has 0 radical (unpaired) electrons. The molecule has 7 heteroatoms. The largest absolute Gasteiger partial charge is 0.673 e. The standard InChI is InChI=1S/C10H16N2.BF4/c1-11(2)9-5-7-10(8-6-9)12(3)4;2-1(3,4)5/h5-8H,1-4H3;/q;-1. The van der Waals surface area contributed by atoms with Crippen LogP contribution in [0.3, 0.4) is 0 Å². The zero-order valence-electron chi connectivity index (χ0n) is 10.3. The van der Waals surface area contributed by atoms with Crippen LogP contribution in [0.2, 0.25) is 0 Å². The lowest BCUT2D eigenvalue weighted by Crippen LogP contribution is -2.10. The Kier molecular flexibility index (Phi) is 5.84. The van der Waals surface area contributed by atoms with E-state index in [-0.39, 0.29) is 0 Å². The minimum atomic E-state index is -6.00. The van der Waals surface area contributed by atoms with Gasteiger partial charge in [-0.1, -0.05) is 0 Å². The van der Waals surface area contributed by atoms with Crippen LogP contribution in [0.15, 0.2) is 24.3 Å². The minimum absolute atomic E-state index is 1.24. The number of halogens is 4. The molecule has 0 spiro atoms. The number of nitrogens with zero attached hydrogens (tertiary/aromatic N) is 2. The van der Waals surface area contributed by atoms with Crippen LogP contribution in [0.5, 0.6) is 0 Å². The van der Waals surface area contributed by atoms with Crippen LogP contribution in [-0.4, -0.2) is 35.4 Å². The third-order valence-corrected chi connectivity index (χ3v) is 1.88.